The van der Waals surface area contributed by atoms with Gasteiger partial charge in [-0.15, -0.1) is 11.3 Å². The molecular weight excluding hydrogens is 877 g/mol. The van der Waals surface area contributed by atoms with Crippen molar-refractivity contribution in [3.05, 3.63) is 101 Å². The molecule has 0 radical (unpaired) electrons. The minimum absolute atomic E-state index is 0.0465. The number of piperidine rings is 1. The van der Waals surface area contributed by atoms with Gasteiger partial charge >= 0.3 is 0 Å². The number of likely N-dealkylation sites (N-methyl/N-ethyl adjacent to an activating group) is 1. The maximum atomic E-state index is 13.3. The second kappa shape index (κ2) is 19.6. The van der Waals surface area contributed by atoms with E-state index in [2.05, 4.69) is 36.6 Å². The molecule has 0 saturated carbocycles. The van der Waals surface area contributed by atoms with Gasteiger partial charge in [0.1, 0.15) is 11.9 Å². The predicted octanol–water partition coefficient (Wildman–Crippen LogP) is 3.39. The molecule has 3 aromatic heterocycles. The van der Waals surface area contributed by atoms with Gasteiger partial charge in [0.05, 0.1) is 41.7 Å². The number of unbranched alkanes of at least 4 members (excludes halogenated alkanes) is 2. The summed E-state index contributed by atoms with van der Waals surface area (Å²) in [5.41, 5.74) is 4.57. The Kier molecular flexibility index (Phi) is 13.8. The van der Waals surface area contributed by atoms with Gasteiger partial charge in [0.25, 0.3) is 17.7 Å². The Morgan fingerprint density at radius 2 is 1.66 bits per heavy atom. The van der Waals surface area contributed by atoms with Crippen molar-refractivity contribution in [3.8, 4) is 22.4 Å². The summed E-state index contributed by atoms with van der Waals surface area (Å²) in [5.74, 6) is -2.89. The maximum absolute atomic E-state index is 13.3. The van der Waals surface area contributed by atoms with Crippen LogP contribution in [0.25, 0.3) is 22.4 Å². The van der Waals surface area contributed by atoms with Gasteiger partial charge in [-0.1, -0.05) is 24.3 Å². The molecule has 65 heavy (non-hydrogen) atoms. The summed E-state index contributed by atoms with van der Waals surface area (Å²) in [7, 11) is -1.79. The maximum Gasteiger partial charge on any atom is 0.264 e. The van der Waals surface area contributed by atoms with Crippen molar-refractivity contribution in [1.29, 1.82) is 0 Å². The SMILES string of the molecule is Cc1cc(C(=O)NCC(=O)Nc2nc(-c3cccc(-c4ccnc(N(C)CC(=O)NCCCCCNc5cccc6c5C(=O)N(C5CCC(=O)NC5=O)C6=O)c4)c3)cs2)cn1S(C)(=O)=O. The average Bonchev–Trinajstić information content (AvgIpc) is 3.98. The topological polar surface area (TPSA) is 251 Å². The average molecular weight is 923 g/mol. The molecule has 1 saturated heterocycles. The van der Waals surface area contributed by atoms with Crippen LogP contribution in [-0.2, 0) is 29.2 Å². The molecule has 1 atom stereocenters. The zero-order valence-electron chi connectivity index (χ0n) is 35.7. The highest BCUT2D eigenvalue weighted by Crippen LogP contribution is 2.33. The summed E-state index contributed by atoms with van der Waals surface area (Å²) in [6.45, 7) is 2.27. The molecule has 0 bridgehead atoms. The number of hydrogen-bond acceptors (Lipinski definition) is 14. The summed E-state index contributed by atoms with van der Waals surface area (Å²) in [5, 5.41) is 15.7. The van der Waals surface area contributed by atoms with Gasteiger partial charge in [0.15, 0.2) is 5.13 Å². The Hall–Kier alpha value is -7.26. The first-order valence-corrected chi connectivity index (χ1v) is 23.4. The first-order chi connectivity index (χ1) is 31.1. The highest BCUT2D eigenvalue weighted by Gasteiger charge is 2.45. The van der Waals surface area contributed by atoms with Crippen LogP contribution in [-0.4, -0.2) is 114 Å². The highest BCUT2D eigenvalue weighted by molar-refractivity contribution is 7.89. The normalized spacial score (nSPS) is 14.8. The third kappa shape index (κ3) is 10.8. The van der Waals surface area contributed by atoms with Gasteiger partial charge in [-0.05, 0) is 80.1 Å². The highest BCUT2D eigenvalue weighted by atomic mass is 32.2. The third-order valence-corrected chi connectivity index (χ3v) is 12.6. The van der Waals surface area contributed by atoms with Crippen LogP contribution in [0.15, 0.2) is 78.4 Å². The minimum Gasteiger partial charge on any atom is -0.384 e. The van der Waals surface area contributed by atoms with E-state index in [9.17, 15) is 42.0 Å². The summed E-state index contributed by atoms with van der Waals surface area (Å²) in [4.78, 5) is 100. The van der Waals surface area contributed by atoms with E-state index in [1.54, 1.807) is 48.6 Å². The van der Waals surface area contributed by atoms with Gasteiger partial charge in [0, 0.05) is 61.3 Å². The zero-order chi connectivity index (χ0) is 46.4. The molecule has 5 heterocycles. The summed E-state index contributed by atoms with van der Waals surface area (Å²) < 4.78 is 24.8. The van der Waals surface area contributed by atoms with E-state index < -0.39 is 51.5 Å². The van der Waals surface area contributed by atoms with Crippen molar-refractivity contribution >= 4 is 79.3 Å². The molecule has 5 aromatic rings. The van der Waals surface area contributed by atoms with Crippen LogP contribution in [0, 0.1) is 6.92 Å². The molecule has 7 amide bonds. The smallest absolute Gasteiger partial charge is 0.264 e. The van der Waals surface area contributed by atoms with Crippen LogP contribution in [0.1, 0.15) is 68.9 Å². The first-order valence-electron chi connectivity index (χ1n) is 20.6. The Labute approximate surface area is 378 Å². The molecule has 0 spiro atoms. The Bertz CT molecular complexity index is 2820. The summed E-state index contributed by atoms with van der Waals surface area (Å²) in [6.07, 6.45) is 6.26. The lowest BCUT2D eigenvalue weighted by Gasteiger charge is -2.27. The number of benzene rings is 2. The predicted molar refractivity (Wildman–Crippen MR) is 243 cm³/mol. The molecule has 19 nitrogen and oxygen atoms in total. The standard InChI is InChI=1S/C44H46N10O9S2/c1-26-19-30(23-53(26)65(3,62)63)40(58)48-22-37(56)51-44-49-33(25-64-44)29-10-7-9-27(20-29)28-15-18-46-35(21-28)52(2)24-38(57)47-17-6-4-5-16-45-32-12-8-11-31-39(32)43(61)54(42(31)60)34-13-14-36(55)50-41(34)59/h7-12,15,18-21,23,25,34,45H,4-6,13-14,16-17,22,24H2,1-3H3,(H,47,57)(H,48,58)(H,49,51,56)(H,50,55,59). The Balaban J connectivity index is 0.837. The molecule has 21 heteroatoms. The lowest BCUT2D eigenvalue weighted by atomic mass is 10.0. The van der Waals surface area contributed by atoms with Crippen molar-refractivity contribution in [2.24, 2.45) is 0 Å². The number of carbonyl (C=O) groups is 7. The van der Waals surface area contributed by atoms with E-state index in [-0.39, 0.29) is 48.5 Å². The van der Waals surface area contributed by atoms with Gasteiger partial charge in [-0.3, -0.25) is 43.8 Å². The Morgan fingerprint density at radius 3 is 2.43 bits per heavy atom. The molecule has 1 unspecified atom stereocenters. The van der Waals surface area contributed by atoms with Crippen LogP contribution in [0.5, 0.6) is 0 Å². The van der Waals surface area contributed by atoms with E-state index in [1.165, 1.54) is 23.6 Å². The van der Waals surface area contributed by atoms with Crippen molar-refractivity contribution in [1.82, 2.24) is 34.8 Å². The molecule has 1 fully saturated rings. The number of pyridine rings is 1. The fourth-order valence-corrected chi connectivity index (χ4v) is 9.10. The van der Waals surface area contributed by atoms with Gasteiger partial charge in [0.2, 0.25) is 33.7 Å². The van der Waals surface area contributed by atoms with Crippen LogP contribution in [0.3, 0.4) is 0 Å². The lowest BCUT2D eigenvalue weighted by Crippen LogP contribution is -2.54. The molecule has 338 valence electrons. The minimum atomic E-state index is -3.57. The van der Waals surface area contributed by atoms with Gasteiger partial charge in [-0.25, -0.2) is 22.4 Å². The van der Waals surface area contributed by atoms with Crippen molar-refractivity contribution in [2.75, 3.05) is 55.0 Å². The number of amides is 7. The fraction of sp³-hybridized carbons (Fsp3) is 0.295. The number of thiazole rings is 1. The largest absolute Gasteiger partial charge is 0.384 e. The first kappa shape index (κ1) is 45.8. The zero-order valence-corrected chi connectivity index (χ0v) is 37.3. The third-order valence-electron chi connectivity index (χ3n) is 10.7. The second-order valence-corrected chi connectivity index (χ2v) is 18.3. The fourth-order valence-electron chi connectivity index (χ4n) is 7.48. The molecule has 7 rings (SSSR count). The Morgan fingerprint density at radius 1 is 0.908 bits per heavy atom. The van der Waals surface area contributed by atoms with E-state index >= 15 is 0 Å². The van der Waals surface area contributed by atoms with Crippen molar-refractivity contribution < 1.29 is 42.0 Å². The number of nitrogens with one attached hydrogen (secondary N) is 5. The second-order valence-electron chi connectivity index (χ2n) is 15.6. The van der Waals surface area contributed by atoms with Gasteiger partial charge < -0.3 is 26.2 Å². The molecular formula is C44H46N10O9S2. The number of rotatable bonds is 18. The number of aromatic nitrogens is 3. The van der Waals surface area contributed by atoms with Crippen LogP contribution in [0.4, 0.5) is 16.6 Å². The lowest BCUT2D eigenvalue weighted by molar-refractivity contribution is -0.136. The number of nitrogens with zero attached hydrogens (tertiary/aromatic N) is 5. The summed E-state index contributed by atoms with van der Waals surface area (Å²) in [6, 6.07) is 16.8. The molecule has 2 aliphatic heterocycles. The number of carbonyl (C=O) groups excluding carboxylic acids is 7. The molecule has 0 aliphatic carbocycles. The van der Waals surface area contributed by atoms with Crippen molar-refractivity contribution in [3.63, 3.8) is 0 Å². The number of hydrogen-bond donors (Lipinski definition) is 5. The number of anilines is 3. The van der Waals surface area contributed by atoms with E-state index in [1.807, 2.05) is 36.4 Å². The molecule has 2 aromatic carbocycles. The quantitative estimate of drug-likeness (QED) is 0.0626. The monoisotopic (exact) mass is 922 g/mol. The van der Waals surface area contributed by atoms with Crippen LogP contribution < -0.4 is 31.5 Å². The number of imide groups is 2. The number of aryl methyl sites for hydroxylation is 1. The van der Waals surface area contributed by atoms with Crippen LogP contribution >= 0.6 is 11.3 Å². The molecule has 5 N–H and O–H groups in total. The van der Waals surface area contributed by atoms with Gasteiger partial charge in [-0.2, -0.15) is 0 Å². The summed E-state index contributed by atoms with van der Waals surface area (Å²) >= 11 is 1.22. The van der Waals surface area contributed by atoms with Crippen LogP contribution in [0.2, 0.25) is 0 Å². The van der Waals surface area contributed by atoms with E-state index in [4.69, 9.17) is 0 Å². The van der Waals surface area contributed by atoms with E-state index in [0.29, 0.717) is 47.5 Å². The van der Waals surface area contributed by atoms with E-state index in [0.717, 1.165) is 44.7 Å². The number of fused-ring (bicyclic) bond motifs is 1. The molecule has 2 aliphatic rings. The van der Waals surface area contributed by atoms with Crippen molar-refractivity contribution in [2.45, 2.75) is 45.1 Å².